The first-order valence-electron chi connectivity index (χ1n) is 19.0. The summed E-state index contributed by atoms with van der Waals surface area (Å²) in [6.07, 6.45) is 2.96. The molecule has 4 fully saturated rings. The molecule has 16 heteroatoms. The number of esters is 1. The standard InChI is InChI=1S/C39H48ClN7O8/c1-23-18-32-38(53)55-22-29(43-33(48)28(19-25-10-4-3-5-11-25)44-39(54)42-27-13-8-12-26(40)20-27)36(51)46-17-9-15-31(46)37(52)45-16-7-6-14-30(45)34(49)41-24(2)35(50)47(32)21-23/h3-5,8,10-13,20,23-24,28-32H,6-7,9,14-19,21-22H2,1-2H3,(H,41,49)(H,43,48)(H2,42,44,54). The highest BCUT2D eigenvalue weighted by Gasteiger charge is 2.46. The third-order valence-electron chi connectivity index (χ3n) is 10.7. The van der Waals surface area contributed by atoms with Crippen LogP contribution in [-0.4, -0.2) is 119 Å². The van der Waals surface area contributed by atoms with Crippen LogP contribution in [0.4, 0.5) is 10.5 Å². The molecular weight excluding hydrogens is 730 g/mol. The van der Waals surface area contributed by atoms with Crippen LogP contribution in [0.2, 0.25) is 5.02 Å². The maximum Gasteiger partial charge on any atom is 0.328 e. The normalized spacial score (nSPS) is 27.0. The number of anilines is 1. The number of hydrogen-bond acceptors (Lipinski definition) is 8. The molecule has 15 nitrogen and oxygen atoms in total. The number of nitrogens with zero attached hydrogens (tertiary/aromatic N) is 3. The molecule has 0 aliphatic carbocycles. The second-order valence-corrected chi connectivity index (χ2v) is 15.3. The Hall–Kier alpha value is -5.18. The third kappa shape index (κ3) is 9.38. The van der Waals surface area contributed by atoms with Crippen molar-refractivity contribution in [2.24, 2.45) is 5.92 Å². The lowest BCUT2D eigenvalue weighted by Crippen LogP contribution is -2.62. The lowest BCUT2D eigenvalue weighted by Gasteiger charge is -2.39. The largest absolute Gasteiger partial charge is 0.461 e. The summed E-state index contributed by atoms with van der Waals surface area (Å²) in [5.74, 6) is -3.52. The number of nitrogens with one attached hydrogen (secondary N) is 4. The highest BCUT2D eigenvalue weighted by Crippen LogP contribution is 2.28. The third-order valence-corrected chi connectivity index (χ3v) is 10.9. The molecule has 4 saturated heterocycles. The molecule has 0 saturated carbocycles. The highest BCUT2D eigenvalue weighted by molar-refractivity contribution is 6.30. The number of halogens is 1. The first-order valence-corrected chi connectivity index (χ1v) is 19.3. The van der Waals surface area contributed by atoms with E-state index in [0.717, 1.165) is 5.56 Å². The first kappa shape index (κ1) is 39.5. The van der Waals surface area contributed by atoms with Crippen molar-refractivity contribution in [3.05, 3.63) is 65.2 Å². The van der Waals surface area contributed by atoms with Crippen LogP contribution in [0.3, 0.4) is 0 Å². The van der Waals surface area contributed by atoms with E-state index in [0.29, 0.717) is 55.8 Å². The van der Waals surface area contributed by atoms with Crippen LogP contribution >= 0.6 is 11.6 Å². The minimum Gasteiger partial charge on any atom is -0.461 e. The number of hydrogen-bond donors (Lipinski definition) is 4. The van der Waals surface area contributed by atoms with Gasteiger partial charge in [-0.15, -0.1) is 0 Å². The van der Waals surface area contributed by atoms with E-state index >= 15 is 0 Å². The molecule has 2 aromatic carbocycles. The Morgan fingerprint density at radius 1 is 0.855 bits per heavy atom. The van der Waals surface area contributed by atoms with Crippen LogP contribution in [0.1, 0.15) is 57.9 Å². The number of carbonyl (C=O) groups is 7. The van der Waals surface area contributed by atoms with Gasteiger partial charge in [-0.3, -0.25) is 24.0 Å². The zero-order valence-corrected chi connectivity index (χ0v) is 31.8. The number of rotatable bonds is 6. The molecule has 294 valence electrons. The maximum absolute atomic E-state index is 14.5. The van der Waals surface area contributed by atoms with E-state index in [2.05, 4.69) is 21.3 Å². The van der Waals surface area contributed by atoms with Gasteiger partial charge in [0.1, 0.15) is 42.9 Å². The van der Waals surface area contributed by atoms with E-state index in [1.165, 1.54) is 14.7 Å². The van der Waals surface area contributed by atoms with Gasteiger partial charge in [-0.05, 0) is 75.1 Å². The fraction of sp³-hybridized carbons (Fsp3) is 0.513. The number of amides is 7. The Labute approximate surface area is 324 Å². The van der Waals surface area contributed by atoms with Gasteiger partial charge in [0.2, 0.25) is 29.5 Å². The van der Waals surface area contributed by atoms with Gasteiger partial charge >= 0.3 is 12.0 Å². The molecule has 0 aromatic heterocycles. The molecule has 2 aromatic rings. The zero-order chi connectivity index (χ0) is 39.2. The van der Waals surface area contributed by atoms with Gasteiger partial charge in [0.05, 0.1) is 0 Å². The molecule has 55 heavy (non-hydrogen) atoms. The van der Waals surface area contributed by atoms with Crippen molar-refractivity contribution in [2.45, 2.75) is 95.0 Å². The highest BCUT2D eigenvalue weighted by atomic mass is 35.5. The van der Waals surface area contributed by atoms with Gasteiger partial charge in [0.25, 0.3) is 0 Å². The topological polar surface area (TPSA) is 187 Å². The minimum absolute atomic E-state index is 0.0504. The predicted octanol–water partition coefficient (Wildman–Crippen LogP) is 2.23. The molecule has 7 amide bonds. The number of benzene rings is 2. The van der Waals surface area contributed by atoms with Crippen molar-refractivity contribution in [2.75, 3.05) is 31.6 Å². The fourth-order valence-electron chi connectivity index (χ4n) is 7.94. The number of fused-ring (bicyclic) bond motifs is 3. The van der Waals surface area contributed by atoms with Gasteiger partial charge < -0.3 is 40.7 Å². The summed E-state index contributed by atoms with van der Waals surface area (Å²) < 4.78 is 5.73. The molecule has 4 heterocycles. The van der Waals surface area contributed by atoms with Crippen LogP contribution in [-0.2, 0) is 39.9 Å². The lowest BCUT2D eigenvalue weighted by molar-refractivity contribution is -0.158. The molecule has 4 aliphatic rings. The molecule has 6 rings (SSSR count). The summed E-state index contributed by atoms with van der Waals surface area (Å²) in [5, 5.41) is 11.3. The van der Waals surface area contributed by atoms with Crippen LogP contribution in [0.15, 0.2) is 54.6 Å². The summed E-state index contributed by atoms with van der Waals surface area (Å²) in [6, 6.07) is 8.44. The summed E-state index contributed by atoms with van der Waals surface area (Å²) >= 11 is 6.09. The average molecular weight is 778 g/mol. The summed E-state index contributed by atoms with van der Waals surface area (Å²) in [5.41, 5.74) is 1.12. The molecular formula is C39H48ClN7O8. The Balaban J connectivity index is 1.30. The van der Waals surface area contributed by atoms with Crippen molar-refractivity contribution < 1.29 is 38.3 Å². The van der Waals surface area contributed by atoms with Gasteiger partial charge in [0, 0.05) is 36.8 Å². The SMILES string of the molecule is CC1CC2C(=O)OCC(NC(=O)C(Cc3ccccc3)NC(=O)Nc3cccc(Cl)c3)C(=O)N3CCCC3C(=O)N3CCCCC3C(=O)NC(C)C(=O)N2C1. The quantitative estimate of drug-likeness (QED) is 0.322. The monoisotopic (exact) mass is 777 g/mol. The smallest absolute Gasteiger partial charge is 0.328 e. The van der Waals surface area contributed by atoms with E-state index in [-0.39, 0.29) is 25.4 Å². The number of cyclic esters (lactones) is 1. The van der Waals surface area contributed by atoms with Crippen LogP contribution in [0, 0.1) is 5.92 Å². The Morgan fingerprint density at radius 2 is 1.58 bits per heavy atom. The minimum atomic E-state index is -1.45. The van der Waals surface area contributed by atoms with Gasteiger partial charge in [-0.1, -0.05) is 54.9 Å². The lowest BCUT2D eigenvalue weighted by atomic mass is 9.99. The van der Waals surface area contributed by atoms with Crippen molar-refractivity contribution in [1.82, 2.24) is 30.7 Å². The van der Waals surface area contributed by atoms with Gasteiger partial charge in [-0.25, -0.2) is 9.59 Å². The van der Waals surface area contributed by atoms with Crippen LogP contribution < -0.4 is 21.3 Å². The molecule has 7 atom stereocenters. The Bertz CT molecular complexity index is 1800. The molecule has 0 bridgehead atoms. The molecule has 0 spiro atoms. The van der Waals surface area contributed by atoms with E-state index in [1.54, 1.807) is 55.5 Å². The van der Waals surface area contributed by atoms with Gasteiger partial charge in [-0.2, -0.15) is 0 Å². The van der Waals surface area contributed by atoms with Crippen molar-refractivity contribution in [3.63, 3.8) is 0 Å². The summed E-state index contributed by atoms with van der Waals surface area (Å²) in [6.45, 7) is 3.64. The van der Waals surface area contributed by atoms with Crippen LogP contribution in [0.25, 0.3) is 0 Å². The zero-order valence-electron chi connectivity index (χ0n) is 31.0. The number of ether oxygens (including phenoxy) is 1. The van der Waals surface area contributed by atoms with E-state index in [1.807, 2.05) is 13.0 Å². The van der Waals surface area contributed by atoms with Gasteiger partial charge in [0.15, 0.2) is 0 Å². The summed E-state index contributed by atoms with van der Waals surface area (Å²) in [7, 11) is 0. The Kier molecular flexibility index (Phi) is 12.6. The maximum atomic E-state index is 14.5. The second kappa shape index (κ2) is 17.5. The van der Waals surface area contributed by atoms with Crippen LogP contribution in [0.5, 0.6) is 0 Å². The number of urea groups is 1. The average Bonchev–Trinajstić information content (AvgIpc) is 3.82. The molecule has 0 radical (unpaired) electrons. The van der Waals surface area contributed by atoms with Crippen molar-refractivity contribution in [1.29, 1.82) is 0 Å². The predicted molar refractivity (Wildman–Crippen MR) is 201 cm³/mol. The summed E-state index contributed by atoms with van der Waals surface area (Å²) in [4.78, 5) is 101. The Morgan fingerprint density at radius 3 is 2.35 bits per heavy atom. The molecule has 4 aliphatic heterocycles. The van der Waals surface area contributed by atoms with E-state index < -0.39 is 84.4 Å². The number of carbonyl (C=O) groups excluding carboxylic acids is 7. The van der Waals surface area contributed by atoms with Crippen molar-refractivity contribution in [3.8, 4) is 0 Å². The number of piperidine rings is 1. The van der Waals surface area contributed by atoms with E-state index in [4.69, 9.17) is 16.3 Å². The van der Waals surface area contributed by atoms with Crippen molar-refractivity contribution >= 4 is 58.8 Å². The molecule has 4 N–H and O–H groups in total. The first-order chi connectivity index (χ1) is 26.4. The van der Waals surface area contributed by atoms with E-state index in [9.17, 15) is 33.6 Å². The fourth-order valence-corrected chi connectivity index (χ4v) is 8.13. The second-order valence-electron chi connectivity index (χ2n) is 14.9. The molecule has 7 unspecified atom stereocenters.